The van der Waals surface area contributed by atoms with Crippen molar-refractivity contribution < 1.29 is 9.90 Å². The molecule has 0 aliphatic rings. The Hall–Kier alpha value is -2.67. The minimum atomic E-state index is -1.01. The number of hydrogen-bond acceptors (Lipinski definition) is 5. The number of fused-ring (bicyclic) bond motifs is 1. The summed E-state index contributed by atoms with van der Waals surface area (Å²) in [6.45, 7) is 2.61. The SMILES string of the molecule is CCC(Cl)Cn1cnc2c(Nc3ccccc3C(=O)O)ncnc21. The molecule has 0 amide bonds. The van der Waals surface area contributed by atoms with Crippen LogP contribution in [0.15, 0.2) is 36.9 Å². The molecule has 1 aromatic carbocycles. The maximum Gasteiger partial charge on any atom is 0.337 e. The highest BCUT2D eigenvalue weighted by Gasteiger charge is 2.15. The van der Waals surface area contributed by atoms with E-state index in [0.717, 1.165) is 6.42 Å². The quantitative estimate of drug-likeness (QED) is 0.666. The zero-order chi connectivity index (χ0) is 17.1. The molecule has 0 saturated carbocycles. The number of halogens is 1. The van der Waals surface area contributed by atoms with Crippen LogP contribution in [0.1, 0.15) is 23.7 Å². The van der Waals surface area contributed by atoms with Crippen molar-refractivity contribution in [3.05, 3.63) is 42.5 Å². The maximum absolute atomic E-state index is 11.3. The van der Waals surface area contributed by atoms with Crippen LogP contribution in [0, 0.1) is 0 Å². The van der Waals surface area contributed by atoms with Crippen LogP contribution in [0.5, 0.6) is 0 Å². The number of alkyl halides is 1. The third-order valence-electron chi connectivity index (χ3n) is 3.65. The molecule has 0 spiro atoms. The minimum absolute atomic E-state index is 0.0125. The fourth-order valence-electron chi connectivity index (χ4n) is 2.35. The Morgan fingerprint density at radius 2 is 2.12 bits per heavy atom. The Labute approximate surface area is 143 Å². The van der Waals surface area contributed by atoms with Crippen LogP contribution in [-0.2, 0) is 6.54 Å². The molecular formula is C16H16ClN5O2. The summed E-state index contributed by atoms with van der Waals surface area (Å²) in [5, 5.41) is 12.3. The molecular weight excluding hydrogens is 330 g/mol. The van der Waals surface area contributed by atoms with Gasteiger partial charge in [-0.25, -0.2) is 19.7 Å². The van der Waals surface area contributed by atoms with Gasteiger partial charge in [-0.15, -0.1) is 11.6 Å². The molecule has 1 unspecified atom stereocenters. The van der Waals surface area contributed by atoms with E-state index in [1.165, 1.54) is 12.4 Å². The number of nitrogens with one attached hydrogen (secondary N) is 1. The normalized spacial score (nSPS) is 12.2. The lowest BCUT2D eigenvalue weighted by atomic mass is 10.2. The molecule has 2 heterocycles. The number of anilines is 2. The fourth-order valence-corrected chi connectivity index (χ4v) is 2.50. The molecule has 3 rings (SSSR count). The summed E-state index contributed by atoms with van der Waals surface area (Å²) in [6, 6.07) is 6.64. The molecule has 0 saturated heterocycles. The summed E-state index contributed by atoms with van der Waals surface area (Å²) in [4.78, 5) is 24.1. The molecule has 0 aliphatic carbocycles. The summed E-state index contributed by atoms with van der Waals surface area (Å²) < 4.78 is 1.87. The number of nitrogens with zero attached hydrogens (tertiary/aromatic N) is 4. The van der Waals surface area contributed by atoms with Crippen LogP contribution in [-0.4, -0.2) is 36.0 Å². The van der Waals surface area contributed by atoms with Gasteiger partial charge in [0.05, 0.1) is 23.0 Å². The van der Waals surface area contributed by atoms with E-state index in [1.54, 1.807) is 24.5 Å². The highest BCUT2D eigenvalue weighted by atomic mass is 35.5. The lowest BCUT2D eigenvalue weighted by Crippen LogP contribution is -2.09. The lowest BCUT2D eigenvalue weighted by Gasteiger charge is -2.10. The van der Waals surface area contributed by atoms with Crippen LogP contribution in [0.4, 0.5) is 11.5 Å². The summed E-state index contributed by atoms with van der Waals surface area (Å²) in [5.74, 6) is -0.558. The van der Waals surface area contributed by atoms with Gasteiger partial charge in [0.15, 0.2) is 17.0 Å². The van der Waals surface area contributed by atoms with E-state index in [1.807, 2.05) is 11.5 Å². The average molecular weight is 346 g/mol. The van der Waals surface area contributed by atoms with Crippen LogP contribution < -0.4 is 5.32 Å². The Morgan fingerprint density at radius 1 is 1.33 bits per heavy atom. The van der Waals surface area contributed by atoms with E-state index in [0.29, 0.717) is 29.2 Å². The number of para-hydroxylation sites is 1. The van der Waals surface area contributed by atoms with E-state index < -0.39 is 5.97 Å². The highest BCUT2D eigenvalue weighted by Crippen LogP contribution is 2.24. The number of aromatic carboxylic acids is 1. The second kappa shape index (κ2) is 6.84. The van der Waals surface area contributed by atoms with Gasteiger partial charge in [0.1, 0.15) is 6.33 Å². The van der Waals surface area contributed by atoms with Gasteiger partial charge >= 0.3 is 5.97 Å². The first-order valence-electron chi connectivity index (χ1n) is 7.49. The molecule has 3 aromatic rings. The van der Waals surface area contributed by atoms with Gasteiger partial charge < -0.3 is 15.0 Å². The lowest BCUT2D eigenvalue weighted by molar-refractivity contribution is 0.0698. The first kappa shape index (κ1) is 16.2. The van der Waals surface area contributed by atoms with Crippen molar-refractivity contribution in [1.29, 1.82) is 0 Å². The molecule has 0 aliphatic heterocycles. The zero-order valence-electron chi connectivity index (χ0n) is 13.0. The Kier molecular flexibility index (Phi) is 4.61. The number of rotatable bonds is 6. The highest BCUT2D eigenvalue weighted by molar-refractivity contribution is 6.20. The molecule has 0 radical (unpaired) electrons. The van der Waals surface area contributed by atoms with Gasteiger partial charge in [-0.1, -0.05) is 19.1 Å². The van der Waals surface area contributed by atoms with Crippen LogP contribution >= 0.6 is 11.6 Å². The average Bonchev–Trinajstić information content (AvgIpc) is 2.99. The van der Waals surface area contributed by atoms with Crippen molar-refractivity contribution in [3.63, 3.8) is 0 Å². The molecule has 24 heavy (non-hydrogen) atoms. The van der Waals surface area contributed by atoms with E-state index in [-0.39, 0.29) is 10.9 Å². The van der Waals surface area contributed by atoms with Gasteiger partial charge in [0.25, 0.3) is 0 Å². The van der Waals surface area contributed by atoms with Gasteiger partial charge in [0.2, 0.25) is 0 Å². The van der Waals surface area contributed by atoms with Crippen molar-refractivity contribution in [3.8, 4) is 0 Å². The van der Waals surface area contributed by atoms with E-state index >= 15 is 0 Å². The summed E-state index contributed by atoms with van der Waals surface area (Å²) in [7, 11) is 0. The van der Waals surface area contributed by atoms with Gasteiger partial charge in [-0.05, 0) is 18.6 Å². The second-order valence-electron chi connectivity index (χ2n) is 5.27. The standard InChI is InChI=1S/C16H16ClN5O2/c1-2-10(17)7-22-9-20-13-14(18-8-19-15(13)22)21-12-6-4-3-5-11(12)16(23)24/h3-6,8-10H,2,7H2,1H3,(H,23,24)(H,18,19,21). The summed E-state index contributed by atoms with van der Waals surface area (Å²) in [5.41, 5.74) is 1.83. The monoisotopic (exact) mass is 345 g/mol. The smallest absolute Gasteiger partial charge is 0.337 e. The molecule has 1 atom stereocenters. The van der Waals surface area contributed by atoms with Crippen molar-refractivity contribution in [2.24, 2.45) is 0 Å². The van der Waals surface area contributed by atoms with E-state index in [4.69, 9.17) is 11.6 Å². The molecule has 2 N–H and O–H groups in total. The minimum Gasteiger partial charge on any atom is -0.478 e. The molecule has 8 heteroatoms. The fraction of sp³-hybridized carbons (Fsp3) is 0.250. The zero-order valence-corrected chi connectivity index (χ0v) is 13.7. The number of carboxylic acid groups (broad SMARTS) is 1. The number of benzene rings is 1. The Bertz CT molecular complexity index is 880. The van der Waals surface area contributed by atoms with Crippen molar-refractivity contribution in [1.82, 2.24) is 19.5 Å². The number of imidazole rings is 1. The third kappa shape index (κ3) is 3.16. The predicted octanol–water partition coefficient (Wildman–Crippen LogP) is 3.29. The van der Waals surface area contributed by atoms with Crippen molar-refractivity contribution in [2.45, 2.75) is 25.3 Å². The Morgan fingerprint density at radius 3 is 2.88 bits per heavy atom. The van der Waals surface area contributed by atoms with Crippen LogP contribution in [0.25, 0.3) is 11.2 Å². The first-order chi connectivity index (χ1) is 11.6. The van der Waals surface area contributed by atoms with Crippen LogP contribution in [0.3, 0.4) is 0 Å². The maximum atomic E-state index is 11.3. The number of aromatic nitrogens is 4. The molecule has 7 nitrogen and oxygen atoms in total. The Balaban J connectivity index is 1.98. The first-order valence-corrected chi connectivity index (χ1v) is 7.93. The van der Waals surface area contributed by atoms with Gasteiger partial charge in [-0.2, -0.15) is 0 Å². The topological polar surface area (TPSA) is 92.9 Å². The number of carbonyl (C=O) groups is 1. The van der Waals surface area contributed by atoms with Gasteiger partial charge in [-0.3, -0.25) is 0 Å². The predicted molar refractivity (Wildman–Crippen MR) is 91.9 cm³/mol. The summed E-state index contributed by atoms with van der Waals surface area (Å²) >= 11 is 6.21. The largest absolute Gasteiger partial charge is 0.478 e. The molecule has 0 fully saturated rings. The summed E-state index contributed by atoms with van der Waals surface area (Å²) in [6.07, 6.45) is 3.92. The molecule has 2 aromatic heterocycles. The molecule has 124 valence electrons. The third-order valence-corrected chi connectivity index (χ3v) is 4.10. The van der Waals surface area contributed by atoms with Gasteiger partial charge in [0, 0.05) is 6.54 Å². The van der Waals surface area contributed by atoms with Crippen molar-refractivity contribution >= 4 is 40.2 Å². The number of hydrogen-bond donors (Lipinski definition) is 2. The van der Waals surface area contributed by atoms with E-state index in [9.17, 15) is 9.90 Å². The van der Waals surface area contributed by atoms with Crippen molar-refractivity contribution in [2.75, 3.05) is 5.32 Å². The molecule has 0 bridgehead atoms. The van der Waals surface area contributed by atoms with E-state index in [2.05, 4.69) is 20.3 Å². The van der Waals surface area contributed by atoms with Crippen LogP contribution in [0.2, 0.25) is 0 Å². The number of carboxylic acids is 1. The second-order valence-corrected chi connectivity index (χ2v) is 5.89.